The van der Waals surface area contributed by atoms with E-state index in [0.717, 1.165) is 21.9 Å². The smallest absolute Gasteiger partial charge is 0.212 e. The molecule has 0 saturated carbocycles. The fourth-order valence-electron chi connectivity index (χ4n) is 2.20. The van der Waals surface area contributed by atoms with Crippen molar-refractivity contribution in [1.82, 2.24) is 14.9 Å². The monoisotopic (exact) mass is 388 g/mol. The van der Waals surface area contributed by atoms with Gasteiger partial charge in [0.2, 0.25) is 5.16 Å². The van der Waals surface area contributed by atoms with Crippen LogP contribution in [-0.2, 0) is 5.75 Å². The van der Waals surface area contributed by atoms with E-state index in [1.165, 1.54) is 11.8 Å². The number of nitrogens with zero attached hydrogens (tertiary/aromatic N) is 4. The first kappa shape index (κ1) is 18.3. The molecule has 8 heteroatoms. The predicted octanol–water partition coefficient (Wildman–Crippen LogP) is 4.12. The van der Waals surface area contributed by atoms with Gasteiger partial charge in [-0.2, -0.15) is 9.78 Å². The molecule has 2 aromatic carbocycles. The summed E-state index contributed by atoms with van der Waals surface area (Å²) in [6.07, 6.45) is 3.25. The normalized spacial score (nSPS) is 11.0. The predicted molar refractivity (Wildman–Crippen MR) is 104 cm³/mol. The van der Waals surface area contributed by atoms with Crippen LogP contribution in [0, 0.1) is 0 Å². The van der Waals surface area contributed by atoms with Crippen LogP contribution in [0.15, 0.2) is 59.0 Å². The summed E-state index contributed by atoms with van der Waals surface area (Å²) in [6, 6.07) is 13.3. The Morgan fingerprint density at radius 3 is 2.81 bits per heavy atom. The molecule has 0 atom stereocenters. The highest BCUT2D eigenvalue weighted by Gasteiger charge is 2.07. The lowest BCUT2D eigenvalue weighted by atomic mass is 10.2. The van der Waals surface area contributed by atoms with Crippen LogP contribution in [0.1, 0.15) is 11.1 Å². The van der Waals surface area contributed by atoms with Crippen molar-refractivity contribution < 1.29 is 9.47 Å². The minimum atomic E-state index is 0.673. The zero-order valence-electron chi connectivity index (χ0n) is 14.3. The van der Waals surface area contributed by atoms with Crippen molar-refractivity contribution in [2.75, 3.05) is 14.2 Å². The summed E-state index contributed by atoms with van der Waals surface area (Å²) in [5.74, 6) is 2.07. The number of hydrogen-bond donors (Lipinski definition) is 0. The standard InChI is InChI=1S/C18H17ClN4O2S/c1-24-15-8-7-13(17(9-15)25-2)10-21-23-12-20-22-18(23)26-11-14-5-3-4-6-16(14)19/h3-10,12H,11H2,1-2H3/b21-10+. The Labute approximate surface area is 160 Å². The van der Waals surface area contributed by atoms with Crippen LogP contribution in [0.3, 0.4) is 0 Å². The summed E-state index contributed by atoms with van der Waals surface area (Å²) in [7, 11) is 3.22. The molecule has 0 aliphatic rings. The number of rotatable bonds is 7. The highest BCUT2D eigenvalue weighted by Crippen LogP contribution is 2.26. The second-order valence-electron chi connectivity index (χ2n) is 5.19. The van der Waals surface area contributed by atoms with Crippen LogP contribution in [0.5, 0.6) is 11.5 Å². The molecule has 0 N–H and O–H groups in total. The molecule has 6 nitrogen and oxygen atoms in total. The van der Waals surface area contributed by atoms with Crippen LogP contribution in [0.4, 0.5) is 0 Å². The zero-order chi connectivity index (χ0) is 18.4. The number of halogens is 1. The maximum atomic E-state index is 6.19. The van der Waals surface area contributed by atoms with Crippen molar-refractivity contribution in [3.63, 3.8) is 0 Å². The molecule has 0 fully saturated rings. The molecule has 0 amide bonds. The first-order valence-corrected chi connectivity index (χ1v) is 9.10. The van der Waals surface area contributed by atoms with E-state index in [-0.39, 0.29) is 0 Å². The van der Waals surface area contributed by atoms with E-state index in [2.05, 4.69) is 15.3 Å². The first-order chi connectivity index (χ1) is 12.7. The summed E-state index contributed by atoms with van der Waals surface area (Å²) in [4.78, 5) is 0. The molecular weight excluding hydrogens is 372 g/mol. The molecule has 0 radical (unpaired) electrons. The quantitative estimate of drug-likeness (QED) is 0.450. The number of hydrogen-bond acceptors (Lipinski definition) is 6. The fourth-order valence-corrected chi connectivity index (χ4v) is 3.35. The average Bonchev–Trinajstić information content (AvgIpc) is 3.13. The van der Waals surface area contributed by atoms with Crippen molar-refractivity contribution in [2.24, 2.45) is 5.10 Å². The Balaban J connectivity index is 1.75. The Morgan fingerprint density at radius 1 is 1.19 bits per heavy atom. The molecule has 0 saturated heterocycles. The molecule has 3 rings (SSSR count). The van der Waals surface area contributed by atoms with E-state index < -0.39 is 0 Å². The van der Waals surface area contributed by atoms with Crippen LogP contribution < -0.4 is 9.47 Å². The SMILES string of the molecule is COc1ccc(/C=N/n2cnnc2SCc2ccccc2Cl)c(OC)c1. The lowest BCUT2D eigenvalue weighted by molar-refractivity contribution is 0.394. The van der Waals surface area contributed by atoms with Gasteiger partial charge in [-0.05, 0) is 23.8 Å². The molecule has 3 aromatic rings. The Bertz CT molecular complexity index is 914. The van der Waals surface area contributed by atoms with Gasteiger partial charge in [-0.1, -0.05) is 41.6 Å². The maximum Gasteiger partial charge on any atom is 0.212 e. The maximum absolute atomic E-state index is 6.19. The van der Waals surface area contributed by atoms with Crippen molar-refractivity contribution in [3.8, 4) is 11.5 Å². The summed E-state index contributed by atoms with van der Waals surface area (Å²) < 4.78 is 12.2. The first-order valence-electron chi connectivity index (χ1n) is 7.74. The molecule has 1 heterocycles. The lowest BCUT2D eigenvalue weighted by Crippen LogP contribution is -1.96. The van der Waals surface area contributed by atoms with Crippen LogP contribution in [0.2, 0.25) is 5.02 Å². The van der Waals surface area contributed by atoms with E-state index in [0.29, 0.717) is 16.7 Å². The highest BCUT2D eigenvalue weighted by molar-refractivity contribution is 7.98. The summed E-state index contributed by atoms with van der Waals surface area (Å²) >= 11 is 7.71. The number of ether oxygens (including phenoxy) is 2. The Kier molecular flexibility index (Phi) is 6.14. The van der Waals surface area contributed by atoms with Crippen molar-refractivity contribution in [1.29, 1.82) is 0 Å². The van der Waals surface area contributed by atoms with Gasteiger partial charge in [0, 0.05) is 22.4 Å². The third kappa shape index (κ3) is 4.36. The molecule has 0 aliphatic carbocycles. The van der Waals surface area contributed by atoms with Gasteiger partial charge in [0.05, 0.1) is 20.4 Å². The molecule has 26 heavy (non-hydrogen) atoms. The zero-order valence-corrected chi connectivity index (χ0v) is 15.9. The Hall–Kier alpha value is -2.51. The van der Waals surface area contributed by atoms with Gasteiger partial charge in [-0.15, -0.1) is 10.2 Å². The number of thioether (sulfide) groups is 1. The van der Waals surface area contributed by atoms with E-state index in [1.54, 1.807) is 37.5 Å². The van der Waals surface area contributed by atoms with Crippen molar-refractivity contribution in [3.05, 3.63) is 64.9 Å². The third-order valence-corrected chi connectivity index (χ3v) is 4.93. The second-order valence-corrected chi connectivity index (χ2v) is 6.54. The van der Waals surface area contributed by atoms with Crippen molar-refractivity contribution in [2.45, 2.75) is 10.9 Å². The van der Waals surface area contributed by atoms with Crippen LogP contribution in [-0.4, -0.2) is 35.3 Å². The molecular formula is C18H17ClN4O2S. The van der Waals surface area contributed by atoms with Gasteiger partial charge in [-0.3, -0.25) is 0 Å². The van der Waals surface area contributed by atoms with E-state index in [1.807, 2.05) is 36.4 Å². The lowest BCUT2D eigenvalue weighted by Gasteiger charge is -2.07. The minimum absolute atomic E-state index is 0.673. The summed E-state index contributed by atoms with van der Waals surface area (Å²) in [5, 5.41) is 13.9. The second kappa shape index (κ2) is 8.73. The third-order valence-electron chi connectivity index (χ3n) is 3.58. The molecule has 0 spiro atoms. The topological polar surface area (TPSA) is 61.5 Å². The van der Waals surface area contributed by atoms with E-state index >= 15 is 0 Å². The van der Waals surface area contributed by atoms with E-state index in [9.17, 15) is 0 Å². The van der Waals surface area contributed by atoms with Gasteiger partial charge in [0.25, 0.3) is 0 Å². The number of methoxy groups -OCH3 is 2. The van der Waals surface area contributed by atoms with Gasteiger partial charge in [0.1, 0.15) is 17.8 Å². The van der Waals surface area contributed by atoms with Gasteiger partial charge in [0.15, 0.2) is 0 Å². The Morgan fingerprint density at radius 2 is 2.04 bits per heavy atom. The average molecular weight is 389 g/mol. The molecule has 0 aliphatic heterocycles. The fraction of sp³-hybridized carbons (Fsp3) is 0.167. The summed E-state index contributed by atoms with van der Waals surface area (Å²) in [6.45, 7) is 0. The van der Waals surface area contributed by atoms with Gasteiger partial charge < -0.3 is 9.47 Å². The number of aromatic nitrogens is 3. The molecule has 0 bridgehead atoms. The number of benzene rings is 2. The highest BCUT2D eigenvalue weighted by atomic mass is 35.5. The molecule has 0 unspecified atom stereocenters. The summed E-state index contributed by atoms with van der Waals surface area (Å²) in [5.41, 5.74) is 1.86. The molecule has 1 aromatic heterocycles. The minimum Gasteiger partial charge on any atom is -0.497 e. The van der Waals surface area contributed by atoms with Gasteiger partial charge in [-0.25, -0.2) is 0 Å². The largest absolute Gasteiger partial charge is 0.497 e. The van der Waals surface area contributed by atoms with Crippen LogP contribution in [0.25, 0.3) is 0 Å². The van der Waals surface area contributed by atoms with Crippen molar-refractivity contribution >= 4 is 29.6 Å². The van der Waals surface area contributed by atoms with Crippen LogP contribution >= 0.6 is 23.4 Å². The molecule has 134 valence electrons. The van der Waals surface area contributed by atoms with E-state index in [4.69, 9.17) is 21.1 Å². The van der Waals surface area contributed by atoms with Gasteiger partial charge >= 0.3 is 0 Å².